The number of fused-ring (bicyclic) bond motifs is 2. The maximum Gasteiger partial charge on any atom is 0.306 e. The van der Waals surface area contributed by atoms with E-state index in [1.807, 2.05) is 0 Å². The van der Waals surface area contributed by atoms with Crippen LogP contribution in [0.2, 0.25) is 0 Å². The van der Waals surface area contributed by atoms with Crippen molar-refractivity contribution in [1.29, 1.82) is 0 Å². The Balaban J connectivity index is 1.25. The van der Waals surface area contributed by atoms with Gasteiger partial charge in [-0.25, -0.2) is 9.97 Å². The molecule has 4 aromatic rings. The summed E-state index contributed by atoms with van der Waals surface area (Å²) in [7, 11) is 1.44. The topological polar surface area (TPSA) is 55.3 Å². The first kappa shape index (κ1) is 20.5. The lowest BCUT2D eigenvalue weighted by molar-refractivity contribution is -0.141. The Morgan fingerprint density at radius 2 is 1.85 bits per heavy atom. The molecule has 1 saturated carbocycles. The molecular weight excluding hydrogens is 430 g/mol. The highest BCUT2D eigenvalue weighted by Gasteiger charge is 2.47. The fourth-order valence-corrected chi connectivity index (χ4v) is 5.82. The van der Waals surface area contributed by atoms with Crippen LogP contribution in [0.3, 0.4) is 0 Å². The van der Waals surface area contributed by atoms with Gasteiger partial charge in [0.05, 0.1) is 19.2 Å². The molecule has 1 aliphatic heterocycles. The van der Waals surface area contributed by atoms with Gasteiger partial charge in [0, 0.05) is 30.6 Å². The molecule has 0 saturated heterocycles. The molecule has 2 aromatic carbocycles. The van der Waals surface area contributed by atoms with Crippen molar-refractivity contribution >= 4 is 27.7 Å². The molecule has 2 aliphatic rings. The summed E-state index contributed by atoms with van der Waals surface area (Å²) in [6, 6.07) is 21.6. The van der Waals surface area contributed by atoms with Crippen LogP contribution in [0.4, 0.5) is 0 Å². The largest absolute Gasteiger partial charge is 0.469 e. The number of nitrogens with zero attached hydrogens (tertiary/aromatic N) is 3. The maximum atomic E-state index is 11.5. The summed E-state index contributed by atoms with van der Waals surface area (Å²) in [5.74, 6) is -0.159. The van der Waals surface area contributed by atoms with Crippen LogP contribution >= 0.6 is 11.3 Å². The summed E-state index contributed by atoms with van der Waals surface area (Å²) >= 11 is 1.67. The smallest absolute Gasteiger partial charge is 0.306 e. The van der Waals surface area contributed by atoms with Crippen LogP contribution in [0, 0.1) is 0 Å². The first-order chi connectivity index (χ1) is 16.1. The van der Waals surface area contributed by atoms with E-state index in [9.17, 15) is 4.79 Å². The van der Waals surface area contributed by atoms with Gasteiger partial charge in [0.1, 0.15) is 15.4 Å². The number of pyridine rings is 1. The van der Waals surface area contributed by atoms with Crippen LogP contribution in [0.25, 0.3) is 20.9 Å². The lowest BCUT2D eigenvalue weighted by Crippen LogP contribution is -2.20. The number of ether oxygens (including phenoxy) is 1. The van der Waals surface area contributed by atoms with Crippen molar-refractivity contribution in [3.63, 3.8) is 0 Å². The highest BCUT2D eigenvalue weighted by Crippen LogP contribution is 2.53. The number of carbonyl (C=O) groups excluding carboxylic acids is 1. The Bertz CT molecular complexity index is 1340. The molecule has 0 bridgehead atoms. The van der Waals surface area contributed by atoms with Gasteiger partial charge >= 0.3 is 5.97 Å². The Morgan fingerprint density at radius 3 is 2.64 bits per heavy atom. The average molecular weight is 456 g/mol. The molecule has 1 aliphatic carbocycles. The molecule has 0 atom stereocenters. The number of thiazole rings is 1. The van der Waals surface area contributed by atoms with Crippen LogP contribution < -0.4 is 0 Å². The summed E-state index contributed by atoms with van der Waals surface area (Å²) < 4.78 is 4.77. The molecule has 5 nitrogen and oxygen atoms in total. The third-order valence-corrected chi connectivity index (χ3v) is 7.94. The maximum absolute atomic E-state index is 11.5. The van der Waals surface area contributed by atoms with Gasteiger partial charge in [-0.15, -0.1) is 0 Å². The van der Waals surface area contributed by atoms with Gasteiger partial charge in [0.2, 0.25) is 0 Å². The van der Waals surface area contributed by atoms with E-state index >= 15 is 0 Å². The first-order valence-electron chi connectivity index (χ1n) is 11.4. The van der Waals surface area contributed by atoms with Gasteiger partial charge in [0.15, 0.2) is 0 Å². The SMILES string of the molecule is COC(=O)CCN1Cc2ccc(-c3nc4ccc(C5(c6ccccc6)CC5)nc4s3)cc2C1. The standard InChI is InChI=1S/C27H25N3O2S/c1-32-24(31)11-14-30-16-19-8-7-18(15-20(19)17-30)25-28-22-9-10-23(29-26(22)33-25)27(12-13-27)21-5-3-2-4-6-21/h2-10,15H,11-14,16-17H2,1H3. The lowest BCUT2D eigenvalue weighted by Gasteiger charge is -2.14. The minimum Gasteiger partial charge on any atom is -0.469 e. The zero-order valence-corrected chi connectivity index (χ0v) is 19.4. The van der Waals surface area contributed by atoms with E-state index in [-0.39, 0.29) is 11.4 Å². The van der Waals surface area contributed by atoms with Crippen LogP contribution in [0.15, 0.2) is 60.7 Å². The molecular formula is C27H25N3O2S. The molecule has 0 spiro atoms. The molecule has 0 amide bonds. The van der Waals surface area contributed by atoms with Gasteiger partial charge in [-0.3, -0.25) is 9.69 Å². The van der Waals surface area contributed by atoms with E-state index < -0.39 is 0 Å². The number of benzene rings is 2. The molecule has 1 fully saturated rings. The van der Waals surface area contributed by atoms with Crippen molar-refractivity contribution < 1.29 is 9.53 Å². The van der Waals surface area contributed by atoms with Crippen LogP contribution in [-0.2, 0) is 28.0 Å². The number of aromatic nitrogens is 2. The fourth-order valence-electron chi connectivity index (χ4n) is 4.89. The number of esters is 1. The molecule has 6 heteroatoms. The lowest BCUT2D eigenvalue weighted by atomic mass is 9.92. The minimum atomic E-state index is -0.159. The van der Waals surface area contributed by atoms with Crippen molar-refractivity contribution in [3.8, 4) is 10.6 Å². The van der Waals surface area contributed by atoms with Crippen LogP contribution in [0.5, 0.6) is 0 Å². The van der Waals surface area contributed by atoms with Gasteiger partial charge in [-0.2, -0.15) is 0 Å². The number of hydrogen-bond acceptors (Lipinski definition) is 6. The van der Waals surface area contributed by atoms with Crippen molar-refractivity contribution in [1.82, 2.24) is 14.9 Å². The summed E-state index contributed by atoms with van der Waals surface area (Å²) in [4.78, 5) is 24.7. The third kappa shape index (κ3) is 3.73. The molecule has 6 rings (SSSR count). The predicted octanol–water partition coefficient (Wildman–Crippen LogP) is 5.32. The number of methoxy groups -OCH3 is 1. The van der Waals surface area contributed by atoms with Crippen molar-refractivity contribution in [2.75, 3.05) is 13.7 Å². The van der Waals surface area contributed by atoms with E-state index in [0.717, 1.165) is 52.5 Å². The quantitative estimate of drug-likeness (QED) is 0.369. The van der Waals surface area contributed by atoms with Gasteiger partial charge < -0.3 is 4.74 Å². The van der Waals surface area contributed by atoms with E-state index in [0.29, 0.717) is 13.0 Å². The van der Waals surface area contributed by atoms with Gasteiger partial charge in [0.25, 0.3) is 0 Å². The second-order valence-corrected chi connectivity index (χ2v) is 9.99. The summed E-state index contributed by atoms with van der Waals surface area (Å²) in [5, 5.41) is 1.01. The second-order valence-electron chi connectivity index (χ2n) is 9.01. The highest BCUT2D eigenvalue weighted by molar-refractivity contribution is 7.21. The predicted molar refractivity (Wildman–Crippen MR) is 130 cm³/mol. The Hall–Kier alpha value is -3.09. The zero-order chi connectivity index (χ0) is 22.4. The first-order valence-corrected chi connectivity index (χ1v) is 12.2. The summed E-state index contributed by atoms with van der Waals surface area (Å²) in [6.07, 6.45) is 2.73. The van der Waals surface area contributed by atoms with Crippen LogP contribution in [0.1, 0.15) is 41.6 Å². The van der Waals surface area contributed by atoms with Crippen molar-refractivity contribution in [2.45, 2.75) is 37.8 Å². The van der Waals surface area contributed by atoms with E-state index in [4.69, 9.17) is 14.7 Å². The Labute approximate surface area is 197 Å². The normalized spacial score (nSPS) is 16.6. The molecule has 0 N–H and O–H groups in total. The second kappa shape index (κ2) is 8.04. The fraction of sp³-hybridized carbons (Fsp3) is 0.296. The summed E-state index contributed by atoms with van der Waals surface area (Å²) in [5.41, 5.74) is 7.32. The minimum absolute atomic E-state index is 0.0703. The molecule has 2 aromatic heterocycles. The molecule has 0 radical (unpaired) electrons. The monoisotopic (exact) mass is 455 g/mol. The molecule has 33 heavy (non-hydrogen) atoms. The van der Waals surface area contributed by atoms with Gasteiger partial charge in [-0.1, -0.05) is 53.8 Å². The van der Waals surface area contributed by atoms with E-state index in [2.05, 4.69) is 65.6 Å². The average Bonchev–Trinajstić information content (AvgIpc) is 3.39. The molecule has 0 unspecified atom stereocenters. The Kier molecular flexibility index (Phi) is 5.00. The van der Waals surface area contributed by atoms with Crippen molar-refractivity contribution in [3.05, 3.63) is 83.0 Å². The third-order valence-electron chi connectivity index (χ3n) is 6.92. The zero-order valence-electron chi connectivity index (χ0n) is 18.6. The van der Waals surface area contributed by atoms with Crippen LogP contribution in [-0.4, -0.2) is 34.5 Å². The highest BCUT2D eigenvalue weighted by atomic mass is 32.1. The van der Waals surface area contributed by atoms with E-state index in [1.165, 1.54) is 23.8 Å². The molecule has 3 heterocycles. The number of hydrogen-bond donors (Lipinski definition) is 0. The van der Waals surface area contributed by atoms with Gasteiger partial charge in [-0.05, 0) is 47.7 Å². The summed E-state index contributed by atoms with van der Waals surface area (Å²) in [6.45, 7) is 2.44. The Morgan fingerprint density at radius 1 is 1.03 bits per heavy atom. The number of rotatable bonds is 6. The van der Waals surface area contributed by atoms with Crippen molar-refractivity contribution in [2.24, 2.45) is 0 Å². The van der Waals surface area contributed by atoms with E-state index in [1.54, 1.807) is 11.3 Å². The molecule has 166 valence electrons. The number of carbonyl (C=O) groups is 1.